The van der Waals surface area contributed by atoms with E-state index in [4.69, 9.17) is 0 Å². The fourth-order valence-corrected chi connectivity index (χ4v) is 6.74. The number of nitrogens with zero attached hydrogens (tertiary/aromatic N) is 3. The number of nitrogens with one attached hydrogen (secondary N) is 1. The normalized spacial score (nSPS) is 24.1. The number of likely N-dealkylation sites (tertiary alicyclic amines) is 1. The fraction of sp³-hybridized carbons (Fsp3) is 0.524. The van der Waals surface area contributed by atoms with Gasteiger partial charge in [0.15, 0.2) is 5.13 Å². The molecule has 2 aromatic rings. The van der Waals surface area contributed by atoms with Crippen LogP contribution in [0.2, 0.25) is 0 Å². The van der Waals surface area contributed by atoms with Gasteiger partial charge in [-0.1, -0.05) is 19.9 Å². The lowest BCUT2D eigenvalue weighted by Gasteiger charge is -2.34. The summed E-state index contributed by atoms with van der Waals surface area (Å²) < 4.78 is 25.7. The largest absolute Gasteiger partial charge is 0.298 e. The van der Waals surface area contributed by atoms with Gasteiger partial charge in [-0.3, -0.25) is 19.3 Å². The summed E-state index contributed by atoms with van der Waals surface area (Å²) in [5, 5.41) is 5.41. The number of aromatic nitrogens is 1. The molecule has 162 valence electrons. The second-order valence-corrected chi connectivity index (χ2v) is 11.4. The molecule has 2 saturated heterocycles. The number of rotatable bonds is 5. The Morgan fingerprint density at radius 2 is 2.03 bits per heavy atom. The van der Waals surface area contributed by atoms with Gasteiger partial charge in [-0.2, -0.15) is 0 Å². The molecule has 1 aromatic carbocycles. The van der Waals surface area contributed by atoms with E-state index in [1.54, 1.807) is 24.3 Å². The lowest BCUT2D eigenvalue weighted by Crippen LogP contribution is -2.38. The van der Waals surface area contributed by atoms with E-state index in [1.807, 2.05) is 5.38 Å². The SMILES string of the molecule is C[C@H]1C[C@H](C)CN(Cc2csc(NC(=O)c3cccc(N4CCCS4(=O)=O)c3)n2)C1. The maximum Gasteiger partial charge on any atom is 0.257 e. The van der Waals surface area contributed by atoms with E-state index < -0.39 is 10.0 Å². The molecule has 3 heterocycles. The molecule has 0 aliphatic carbocycles. The number of hydrogen-bond donors (Lipinski definition) is 1. The molecule has 2 aliphatic rings. The molecule has 0 bridgehead atoms. The number of carbonyl (C=O) groups is 1. The van der Waals surface area contributed by atoms with Crippen molar-refractivity contribution in [1.82, 2.24) is 9.88 Å². The maximum absolute atomic E-state index is 12.7. The molecule has 0 radical (unpaired) electrons. The molecule has 1 amide bonds. The van der Waals surface area contributed by atoms with Gasteiger partial charge in [0.25, 0.3) is 5.91 Å². The van der Waals surface area contributed by atoms with Gasteiger partial charge in [0.1, 0.15) is 0 Å². The highest BCUT2D eigenvalue weighted by Gasteiger charge is 2.29. The number of sulfonamides is 1. The molecule has 30 heavy (non-hydrogen) atoms. The quantitative estimate of drug-likeness (QED) is 0.758. The van der Waals surface area contributed by atoms with Crippen molar-refractivity contribution in [1.29, 1.82) is 0 Å². The smallest absolute Gasteiger partial charge is 0.257 e. The molecule has 1 aromatic heterocycles. The number of amides is 1. The van der Waals surface area contributed by atoms with Crippen LogP contribution < -0.4 is 9.62 Å². The van der Waals surface area contributed by atoms with Crippen LogP contribution in [0.4, 0.5) is 10.8 Å². The molecule has 2 aliphatic heterocycles. The Balaban J connectivity index is 1.41. The Labute approximate surface area is 182 Å². The van der Waals surface area contributed by atoms with Crippen LogP contribution in [0.5, 0.6) is 0 Å². The lowest BCUT2D eigenvalue weighted by molar-refractivity contribution is 0.102. The van der Waals surface area contributed by atoms with Crippen LogP contribution in [0.1, 0.15) is 42.7 Å². The van der Waals surface area contributed by atoms with Crippen molar-refractivity contribution < 1.29 is 13.2 Å². The van der Waals surface area contributed by atoms with Gasteiger partial charge in [0.05, 0.1) is 17.1 Å². The summed E-state index contributed by atoms with van der Waals surface area (Å²) in [4.78, 5) is 19.7. The predicted octanol–water partition coefficient (Wildman–Crippen LogP) is 3.41. The number of anilines is 2. The first-order chi connectivity index (χ1) is 14.3. The Kier molecular flexibility index (Phi) is 6.13. The van der Waals surface area contributed by atoms with Gasteiger partial charge >= 0.3 is 0 Å². The highest BCUT2D eigenvalue weighted by Crippen LogP contribution is 2.26. The minimum absolute atomic E-state index is 0.153. The maximum atomic E-state index is 12.7. The topological polar surface area (TPSA) is 82.6 Å². The van der Waals surface area contributed by atoms with E-state index in [9.17, 15) is 13.2 Å². The van der Waals surface area contributed by atoms with Crippen LogP contribution >= 0.6 is 11.3 Å². The number of carbonyl (C=O) groups excluding carboxylic acids is 1. The third-order valence-corrected chi connectivity index (χ3v) is 8.27. The molecule has 1 N–H and O–H groups in total. The molecule has 2 fully saturated rings. The zero-order valence-corrected chi connectivity index (χ0v) is 19.0. The van der Waals surface area contributed by atoms with Crippen LogP contribution in [-0.2, 0) is 16.6 Å². The highest BCUT2D eigenvalue weighted by atomic mass is 32.2. The molecule has 4 rings (SSSR count). The molecular weight excluding hydrogens is 420 g/mol. The monoisotopic (exact) mass is 448 g/mol. The van der Waals surface area contributed by atoms with Crippen molar-refractivity contribution in [2.75, 3.05) is 35.0 Å². The number of benzene rings is 1. The minimum Gasteiger partial charge on any atom is -0.298 e. The minimum atomic E-state index is -3.27. The van der Waals surface area contributed by atoms with Gasteiger partial charge < -0.3 is 0 Å². The molecule has 0 spiro atoms. The van der Waals surface area contributed by atoms with Gasteiger partial charge in [0, 0.05) is 37.1 Å². The summed E-state index contributed by atoms with van der Waals surface area (Å²) in [7, 11) is -3.27. The standard InChI is InChI=1S/C21H28N4O3S2/c1-15-9-16(2)12-24(11-15)13-18-14-29-21(22-18)23-20(26)17-5-3-6-19(10-17)25-7-4-8-30(25,27)28/h3,5-6,10,14-16H,4,7-9,11-13H2,1-2H3,(H,22,23,26)/t15-,16-/m0/s1. The first-order valence-electron chi connectivity index (χ1n) is 10.4. The Morgan fingerprint density at radius 1 is 1.27 bits per heavy atom. The summed E-state index contributed by atoms with van der Waals surface area (Å²) in [6.45, 7) is 7.99. The van der Waals surface area contributed by atoms with Crippen LogP contribution in [0.3, 0.4) is 0 Å². The van der Waals surface area contributed by atoms with Crippen molar-refractivity contribution in [3.05, 3.63) is 40.9 Å². The first kappa shape index (κ1) is 21.3. The van der Waals surface area contributed by atoms with E-state index in [0.717, 1.165) is 25.3 Å². The van der Waals surface area contributed by atoms with Crippen LogP contribution in [0.25, 0.3) is 0 Å². The van der Waals surface area contributed by atoms with Crippen LogP contribution in [0, 0.1) is 11.8 Å². The van der Waals surface area contributed by atoms with E-state index in [-0.39, 0.29) is 11.7 Å². The summed E-state index contributed by atoms with van der Waals surface area (Å²) in [5.74, 6) is 1.26. The van der Waals surface area contributed by atoms with Gasteiger partial charge in [-0.05, 0) is 42.9 Å². The zero-order valence-electron chi connectivity index (χ0n) is 17.4. The van der Waals surface area contributed by atoms with E-state index in [0.29, 0.717) is 41.2 Å². The van der Waals surface area contributed by atoms with Crippen LogP contribution in [-0.4, -0.2) is 49.6 Å². The fourth-order valence-electron chi connectivity index (χ4n) is 4.49. The van der Waals surface area contributed by atoms with Crippen LogP contribution in [0.15, 0.2) is 29.6 Å². The Bertz CT molecular complexity index is 1010. The lowest BCUT2D eigenvalue weighted by atomic mass is 9.92. The van der Waals surface area contributed by atoms with E-state index in [2.05, 4.69) is 29.0 Å². The first-order valence-corrected chi connectivity index (χ1v) is 12.9. The second kappa shape index (κ2) is 8.64. The number of hydrogen-bond acceptors (Lipinski definition) is 6. The zero-order chi connectivity index (χ0) is 21.3. The molecule has 0 unspecified atom stereocenters. The molecule has 9 heteroatoms. The molecule has 2 atom stereocenters. The summed E-state index contributed by atoms with van der Waals surface area (Å²) in [5.41, 5.74) is 1.92. The predicted molar refractivity (Wildman–Crippen MR) is 120 cm³/mol. The third-order valence-electron chi connectivity index (χ3n) is 5.60. The molecule has 7 nitrogen and oxygen atoms in total. The second-order valence-electron chi connectivity index (χ2n) is 8.53. The van der Waals surface area contributed by atoms with Crippen molar-refractivity contribution >= 4 is 38.1 Å². The Hall–Kier alpha value is -1.97. The third kappa shape index (κ3) is 4.84. The average molecular weight is 449 g/mol. The van der Waals surface area contributed by atoms with Gasteiger partial charge in [-0.15, -0.1) is 11.3 Å². The van der Waals surface area contributed by atoms with E-state index >= 15 is 0 Å². The van der Waals surface area contributed by atoms with Gasteiger partial charge in [0.2, 0.25) is 10.0 Å². The molecule has 0 saturated carbocycles. The van der Waals surface area contributed by atoms with E-state index in [1.165, 1.54) is 22.1 Å². The number of piperidine rings is 1. The highest BCUT2D eigenvalue weighted by molar-refractivity contribution is 7.93. The molecular formula is C21H28N4O3S2. The van der Waals surface area contributed by atoms with Crippen molar-refractivity contribution in [3.63, 3.8) is 0 Å². The van der Waals surface area contributed by atoms with Crippen molar-refractivity contribution in [3.8, 4) is 0 Å². The summed E-state index contributed by atoms with van der Waals surface area (Å²) >= 11 is 1.42. The van der Waals surface area contributed by atoms with Crippen molar-refractivity contribution in [2.24, 2.45) is 11.8 Å². The summed E-state index contributed by atoms with van der Waals surface area (Å²) in [6.07, 6.45) is 1.88. The summed E-state index contributed by atoms with van der Waals surface area (Å²) in [6, 6.07) is 6.75. The number of thiazole rings is 1. The van der Waals surface area contributed by atoms with Gasteiger partial charge in [-0.25, -0.2) is 13.4 Å². The van der Waals surface area contributed by atoms with Crippen molar-refractivity contribution in [2.45, 2.75) is 33.2 Å². The average Bonchev–Trinajstić information content (AvgIpc) is 3.26. The Morgan fingerprint density at radius 3 is 2.73 bits per heavy atom.